The molecule has 0 aliphatic heterocycles. The van der Waals surface area contributed by atoms with Crippen molar-refractivity contribution >= 4 is 0 Å². The van der Waals surface area contributed by atoms with Crippen LogP contribution in [-0.2, 0) is 9.47 Å². The Morgan fingerprint density at radius 3 is 2.40 bits per heavy atom. The number of hydrogen-bond donors (Lipinski definition) is 1. The predicted octanol–water partition coefficient (Wildman–Crippen LogP) is 2.07. The normalized spacial score (nSPS) is 15.2. The smallest absolute Gasteiger partial charge is 0.0700 e. The highest BCUT2D eigenvalue weighted by Crippen LogP contribution is 2.24. The Morgan fingerprint density at radius 2 is 1.87 bits per heavy atom. The van der Waals surface area contributed by atoms with Crippen LogP contribution in [0.15, 0.2) is 0 Å². The maximum absolute atomic E-state index is 5.50. The highest BCUT2D eigenvalue weighted by Gasteiger charge is 2.20. The molecule has 92 valence electrons. The second-order valence-electron chi connectivity index (χ2n) is 4.30. The van der Waals surface area contributed by atoms with E-state index in [9.17, 15) is 0 Å². The van der Waals surface area contributed by atoms with Crippen molar-refractivity contribution < 1.29 is 9.47 Å². The molecule has 3 heteroatoms. The molecule has 0 saturated carbocycles. The fraction of sp³-hybridized carbons (Fsp3) is 1.00. The molecule has 1 atom stereocenters. The quantitative estimate of drug-likeness (QED) is 0.568. The summed E-state index contributed by atoms with van der Waals surface area (Å²) >= 11 is 0. The maximum atomic E-state index is 5.50. The Morgan fingerprint density at radius 1 is 1.13 bits per heavy atom. The van der Waals surface area contributed by atoms with Crippen LogP contribution < -0.4 is 5.32 Å². The summed E-state index contributed by atoms with van der Waals surface area (Å²) in [5, 5.41) is 3.41. The van der Waals surface area contributed by atoms with Crippen LogP contribution in [0.25, 0.3) is 0 Å². The summed E-state index contributed by atoms with van der Waals surface area (Å²) in [6, 6.07) is 0. The first-order chi connectivity index (χ1) is 7.18. The predicted molar refractivity (Wildman–Crippen MR) is 64.3 cm³/mol. The largest absolute Gasteiger partial charge is 0.382 e. The summed E-state index contributed by atoms with van der Waals surface area (Å²) in [6.07, 6.45) is 2.30. The minimum atomic E-state index is 0.364. The minimum absolute atomic E-state index is 0.364. The summed E-state index contributed by atoms with van der Waals surface area (Å²) in [7, 11) is 1.70. The average Bonchev–Trinajstić information content (AvgIpc) is 2.26. The van der Waals surface area contributed by atoms with Gasteiger partial charge in [0.15, 0.2) is 0 Å². The lowest BCUT2D eigenvalue weighted by Gasteiger charge is -2.28. The zero-order valence-electron chi connectivity index (χ0n) is 10.8. The molecular formula is C12H27NO2. The van der Waals surface area contributed by atoms with Gasteiger partial charge in [0.1, 0.15) is 0 Å². The molecule has 0 amide bonds. The Balaban J connectivity index is 3.58. The number of rotatable bonds is 10. The van der Waals surface area contributed by atoms with E-state index in [2.05, 4.69) is 26.1 Å². The molecule has 0 aromatic carbocycles. The lowest BCUT2D eigenvalue weighted by atomic mass is 9.84. The van der Waals surface area contributed by atoms with Crippen molar-refractivity contribution in [1.29, 1.82) is 0 Å². The van der Waals surface area contributed by atoms with Crippen LogP contribution in [0.3, 0.4) is 0 Å². The van der Waals surface area contributed by atoms with Gasteiger partial charge < -0.3 is 14.8 Å². The molecular weight excluding hydrogens is 190 g/mol. The number of nitrogens with one attached hydrogen (secondary N) is 1. The van der Waals surface area contributed by atoms with Gasteiger partial charge >= 0.3 is 0 Å². The second-order valence-corrected chi connectivity index (χ2v) is 4.30. The topological polar surface area (TPSA) is 30.5 Å². The standard InChI is InChI=1S/C12H27NO2/c1-5-12(3,11-13-6-2)7-8-15-10-9-14-4/h13H,5-11H2,1-4H3. The van der Waals surface area contributed by atoms with Crippen LogP contribution >= 0.6 is 0 Å². The van der Waals surface area contributed by atoms with Gasteiger partial charge in [0.25, 0.3) is 0 Å². The SMILES string of the molecule is CCNCC(C)(CC)CCOCCOC. The Bertz CT molecular complexity index is 142. The van der Waals surface area contributed by atoms with Crippen molar-refractivity contribution in [3.05, 3.63) is 0 Å². The molecule has 0 saturated heterocycles. The van der Waals surface area contributed by atoms with Crippen molar-refractivity contribution in [3.8, 4) is 0 Å². The number of hydrogen-bond acceptors (Lipinski definition) is 3. The van der Waals surface area contributed by atoms with E-state index in [1.807, 2.05) is 0 Å². The van der Waals surface area contributed by atoms with Crippen LogP contribution in [-0.4, -0.2) is 40.0 Å². The van der Waals surface area contributed by atoms with E-state index >= 15 is 0 Å². The van der Waals surface area contributed by atoms with E-state index in [0.29, 0.717) is 18.6 Å². The molecule has 0 spiro atoms. The van der Waals surface area contributed by atoms with E-state index in [0.717, 1.165) is 26.1 Å². The molecule has 3 nitrogen and oxygen atoms in total. The van der Waals surface area contributed by atoms with E-state index in [1.165, 1.54) is 6.42 Å². The first kappa shape index (κ1) is 14.9. The molecule has 0 radical (unpaired) electrons. The zero-order chi connectivity index (χ0) is 11.6. The molecule has 0 aliphatic rings. The average molecular weight is 217 g/mol. The third-order valence-corrected chi connectivity index (χ3v) is 2.94. The Labute approximate surface area is 94.5 Å². The fourth-order valence-electron chi connectivity index (χ4n) is 1.38. The van der Waals surface area contributed by atoms with Gasteiger partial charge in [0.2, 0.25) is 0 Å². The molecule has 0 aliphatic carbocycles. The van der Waals surface area contributed by atoms with Crippen LogP contribution in [0, 0.1) is 5.41 Å². The van der Waals surface area contributed by atoms with Gasteiger partial charge in [0, 0.05) is 20.3 Å². The highest BCUT2D eigenvalue weighted by atomic mass is 16.5. The van der Waals surface area contributed by atoms with Crippen molar-refractivity contribution in [2.24, 2.45) is 5.41 Å². The van der Waals surface area contributed by atoms with E-state index in [4.69, 9.17) is 9.47 Å². The summed E-state index contributed by atoms with van der Waals surface area (Å²) < 4.78 is 10.4. The molecule has 0 rings (SSSR count). The van der Waals surface area contributed by atoms with Gasteiger partial charge in [0.05, 0.1) is 13.2 Å². The third kappa shape index (κ3) is 7.77. The monoisotopic (exact) mass is 217 g/mol. The van der Waals surface area contributed by atoms with Gasteiger partial charge in [-0.3, -0.25) is 0 Å². The van der Waals surface area contributed by atoms with Crippen LogP contribution in [0.5, 0.6) is 0 Å². The van der Waals surface area contributed by atoms with Crippen molar-refractivity contribution in [3.63, 3.8) is 0 Å². The number of methoxy groups -OCH3 is 1. The lowest BCUT2D eigenvalue weighted by molar-refractivity contribution is 0.0528. The second kappa shape index (κ2) is 9.13. The molecule has 0 fully saturated rings. The van der Waals surface area contributed by atoms with Crippen molar-refractivity contribution in [1.82, 2.24) is 5.32 Å². The molecule has 1 N–H and O–H groups in total. The van der Waals surface area contributed by atoms with Crippen LogP contribution in [0.1, 0.15) is 33.6 Å². The molecule has 15 heavy (non-hydrogen) atoms. The molecule has 1 unspecified atom stereocenters. The molecule has 0 heterocycles. The van der Waals surface area contributed by atoms with Gasteiger partial charge in [-0.2, -0.15) is 0 Å². The summed E-state index contributed by atoms with van der Waals surface area (Å²) in [4.78, 5) is 0. The van der Waals surface area contributed by atoms with Gasteiger partial charge in [-0.15, -0.1) is 0 Å². The third-order valence-electron chi connectivity index (χ3n) is 2.94. The van der Waals surface area contributed by atoms with Crippen LogP contribution in [0.4, 0.5) is 0 Å². The first-order valence-electron chi connectivity index (χ1n) is 5.96. The number of ether oxygens (including phenoxy) is 2. The molecule has 0 bridgehead atoms. The van der Waals surface area contributed by atoms with Crippen molar-refractivity contribution in [2.45, 2.75) is 33.6 Å². The van der Waals surface area contributed by atoms with E-state index < -0.39 is 0 Å². The van der Waals surface area contributed by atoms with Gasteiger partial charge in [-0.25, -0.2) is 0 Å². The summed E-state index contributed by atoms with van der Waals surface area (Å²) in [6.45, 7) is 11.0. The Kier molecular flexibility index (Phi) is 9.06. The highest BCUT2D eigenvalue weighted by molar-refractivity contribution is 4.74. The zero-order valence-corrected chi connectivity index (χ0v) is 10.8. The van der Waals surface area contributed by atoms with Gasteiger partial charge in [-0.05, 0) is 24.8 Å². The van der Waals surface area contributed by atoms with E-state index in [1.54, 1.807) is 7.11 Å². The fourth-order valence-corrected chi connectivity index (χ4v) is 1.38. The van der Waals surface area contributed by atoms with Crippen LogP contribution in [0.2, 0.25) is 0 Å². The maximum Gasteiger partial charge on any atom is 0.0700 e. The first-order valence-corrected chi connectivity index (χ1v) is 5.96. The Hall–Kier alpha value is -0.120. The lowest BCUT2D eigenvalue weighted by Crippen LogP contribution is -2.32. The summed E-state index contributed by atoms with van der Waals surface area (Å²) in [5.41, 5.74) is 0.364. The molecule has 0 aromatic heterocycles. The minimum Gasteiger partial charge on any atom is -0.382 e. The van der Waals surface area contributed by atoms with E-state index in [-0.39, 0.29) is 0 Å². The van der Waals surface area contributed by atoms with Crippen molar-refractivity contribution in [2.75, 3.05) is 40.0 Å². The summed E-state index contributed by atoms with van der Waals surface area (Å²) in [5.74, 6) is 0. The van der Waals surface area contributed by atoms with Gasteiger partial charge in [-0.1, -0.05) is 20.8 Å². The molecule has 0 aromatic rings.